The van der Waals surface area contributed by atoms with Crippen molar-refractivity contribution in [2.24, 2.45) is 0 Å². The number of methoxy groups -OCH3 is 1. The summed E-state index contributed by atoms with van der Waals surface area (Å²) in [7, 11) is 1.45. The highest BCUT2D eigenvalue weighted by Gasteiger charge is 2.37. The predicted molar refractivity (Wildman–Crippen MR) is 143 cm³/mol. The molecule has 0 aliphatic carbocycles. The molecule has 9 nitrogen and oxygen atoms in total. The zero-order chi connectivity index (χ0) is 27.6. The van der Waals surface area contributed by atoms with Crippen LogP contribution in [0.4, 0.5) is 10.5 Å². The summed E-state index contributed by atoms with van der Waals surface area (Å²) >= 11 is 3.45. The first-order valence-corrected chi connectivity index (χ1v) is 12.2. The van der Waals surface area contributed by atoms with Crippen LogP contribution in [0.3, 0.4) is 0 Å². The number of aromatic carboxylic acids is 1. The first-order chi connectivity index (χ1) is 18.1. The number of carbonyl (C=O) groups is 4. The topological polar surface area (TPSA) is 122 Å². The number of halogens is 1. The Morgan fingerprint density at radius 2 is 1.74 bits per heavy atom. The van der Waals surface area contributed by atoms with Gasteiger partial charge in [-0.1, -0.05) is 18.2 Å². The largest absolute Gasteiger partial charge is 0.493 e. The Kier molecular flexibility index (Phi) is 7.63. The summed E-state index contributed by atoms with van der Waals surface area (Å²) in [6.45, 7) is 3.93. The summed E-state index contributed by atoms with van der Waals surface area (Å²) in [6.07, 6.45) is 1.37. The van der Waals surface area contributed by atoms with Gasteiger partial charge in [-0.2, -0.15) is 0 Å². The SMILES string of the molecule is COc1cc(/C=C2\C(=O)NC(=O)N(c3ccc(C)c(C)c3)C2=O)cc(Br)c1OCc1ccc(C(=O)O)cc1. The Labute approximate surface area is 226 Å². The van der Waals surface area contributed by atoms with E-state index in [0.717, 1.165) is 21.6 Å². The quantitative estimate of drug-likeness (QED) is 0.298. The van der Waals surface area contributed by atoms with Crippen molar-refractivity contribution in [3.63, 3.8) is 0 Å². The number of amides is 4. The van der Waals surface area contributed by atoms with Crippen LogP contribution >= 0.6 is 15.9 Å². The molecule has 1 aliphatic heterocycles. The van der Waals surface area contributed by atoms with Gasteiger partial charge in [0.2, 0.25) is 0 Å². The van der Waals surface area contributed by atoms with Crippen LogP contribution in [0.1, 0.15) is 32.6 Å². The molecule has 194 valence electrons. The minimum Gasteiger partial charge on any atom is -0.493 e. The van der Waals surface area contributed by atoms with Crippen molar-refractivity contribution in [1.82, 2.24) is 5.32 Å². The number of carbonyl (C=O) groups excluding carboxylic acids is 3. The molecule has 1 saturated heterocycles. The monoisotopic (exact) mass is 578 g/mol. The molecule has 2 N–H and O–H groups in total. The van der Waals surface area contributed by atoms with E-state index >= 15 is 0 Å². The summed E-state index contributed by atoms with van der Waals surface area (Å²) < 4.78 is 11.9. The smallest absolute Gasteiger partial charge is 0.335 e. The molecule has 3 aromatic carbocycles. The van der Waals surface area contributed by atoms with Gasteiger partial charge >= 0.3 is 12.0 Å². The lowest BCUT2D eigenvalue weighted by Crippen LogP contribution is -2.54. The first-order valence-electron chi connectivity index (χ1n) is 11.4. The van der Waals surface area contributed by atoms with E-state index in [4.69, 9.17) is 14.6 Å². The number of aryl methyl sites for hydroxylation is 2. The van der Waals surface area contributed by atoms with Gasteiger partial charge in [0, 0.05) is 0 Å². The third-order valence-corrected chi connectivity index (χ3v) is 6.59. The number of nitrogens with one attached hydrogen (secondary N) is 1. The number of imide groups is 2. The number of nitrogens with zero attached hydrogens (tertiary/aromatic N) is 1. The van der Waals surface area contributed by atoms with Crippen molar-refractivity contribution in [1.29, 1.82) is 0 Å². The highest BCUT2D eigenvalue weighted by atomic mass is 79.9. The number of hydrogen-bond donors (Lipinski definition) is 2. The number of hydrogen-bond acceptors (Lipinski definition) is 6. The Hall–Kier alpha value is -4.44. The Bertz CT molecular complexity index is 1500. The summed E-state index contributed by atoms with van der Waals surface area (Å²) in [4.78, 5) is 50.3. The third-order valence-electron chi connectivity index (χ3n) is 6.00. The van der Waals surface area contributed by atoms with Gasteiger partial charge in [0.15, 0.2) is 11.5 Å². The molecule has 0 saturated carbocycles. The lowest BCUT2D eigenvalue weighted by Gasteiger charge is -2.27. The van der Waals surface area contributed by atoms with Gasteiger partial charge in [-0.25, -0.2) is 14.5 Å². The van der Waals surface area contributed by atoms with Gasteiger partial charge < -0.3 is 14.6 Å². The second-order valence-corrected chi connectivity index (χ2v) is 9.41. The number of rotatable bonds is 7. The molecule has 0 spiro atoms. The molecule has 3 aromatic rings. The molecule has 0 bridgehead atoms. The van der Waals surface area contributed by atoms with E-state index in [1.807, 2.05) is 13.8 Å². The highest BCUT2D eigenvalue weighted by Crippen LogP contribution is 2.38. The summed E-state index contributed by atoms with van der Waals surface area (Å²) in [5, 5.41) is 11.3. The lowest BCUT2D eigenvalue weighted by atomic mass is 10.0. The molecule has 1 aliphatic rings. The van der Waals surface area contributed by atoms with Gasteiger partial charge in [-0.3, -0.25) is 14.9 Å². The molecule has 4 rings (SSSR count). The van der Waals surface area contributed by atoms with E-state index in [1.165, 1.54) is 25.3 Å². The van der Waals surface area contributed by atoms with Crippen LogP contribution in [0.2, 0.25) is 0 Å². The van der Waals surface area contributed by atoms with Crippen molar-refractivity contribution in [3.8, 4) is 11.5 Å². The molecule has 0 unspecified atom stereocenters. The van der Waals surface area contributed by atoms with E-state index in [2.05, 4.69) is 21.2 Å². The molecule has 0 radical (unpaired) electrons. The second-order valence-electron chi connectivity index (χ2n) is 8.55. The molecule has 38 heavy (non-hydrogen) atoms. The van der Waals surface area contributed by atoms with Crippen LogP contribution in [0.15, 0.2) is 64.6 Å². The van der Waals surface area contributed by atoms with Crippen molar-refractivity contribution in [2.75, 3.05) is 12.0 Å². The number of ether oxygens (including phenoxy) is 2. The zero-order valence-electron chi connectivity index (χ0n) is 20.7. The second kappa shape index (κ2) is 10.9. The molecule has 10 heteroatoms. The number of benzene rings is 3. The molecule has 1 fully saturated rings. The number of carboxylic acids is 1. The Balaban J connectivity index is 1.61. The summed E-state index contributed by atoms with van der Waals surface area (Å²) in [5.41, 5.74) is 3.41. The maximum absolute atomic E-state index is 13.3. The molecule has 0 aromatic heterocycles. The van der Waals surface area contributed by atoms with E-state index < -0.39 is 23.8 Å². The van der Waals surface area contributed by atoms with E-state index in [-0.39, 0.29) is 17.7 Å². The summed E-state index contributed by atoms with van der Waals surface area (Å²) in [6, 6.07) is 13.9. The first kappa shape index (κ1) is 26.6. The highest BCUT2D eigenvalue weighted by molar-refractivity contribution is 9.10. The van der Waals surface area contributed by atoms with Crippen LogP contribution in [0.25, 0.3) is 6.08 Å². The van der Waals surface area contributed by atoms with Crippen LogP contribution in [-0.4, -0.2) is 36.0 Å². The average molecular weight is 579 g/mol. The Morgan fingerprint density at radius 3 is 2.37 bits per heavy atom. The van der Waals surface area contributed by atoms with Crippen molar-refractivity contribution < 1.29 is 33.8 Å². The molecular weight excluding hydrogens is 556 g/mol. The average Bonchev–Trinajstić information content (AvgIpc) is 2.87. The minimum atomic E-state index is -1.02. The molecule has 0 atom stereocenters. The van der Waals surface area contributed by atoms with Gasteiger partial charge in [-0.05, 0) is 94.5 Å². The van der Waals surface area contributed by atoms with Crippen LogP contribution in [0, 0.1) is 13.8 Å². The van der Waals surface area contributed by atoms with Gasteiger partial charge in [0.05, 0.1) is 22.8 Å². The number of urea groups is 1. The molecule has 1 heterocycles. The third kappa shape index (κ3) is 5.45. The van der Waals surface area contributed by atoms with Crippen molar-refractivity contribution >= 4 is 51.5 Å². The van der Waals surface area contributed by atoms with Crippen LogP contribution in [0.5, 0.6) is 11.5 Å². The van der Waals surface area contributed by atoms with Gasteiger partial charge in [-0.15, -0.1) is 0 Å². The van der Waals surface area contributed by atoms with E-state index in [0.29, 0.717) is 27.2 Å². The standard InChI is InChI=1S/C28H23BrN2O7/c1-15-4-9-20(10-16(15)2)31-26(33)21(25(32)30-28(31)36)11-18-12-22(29)24(23(13-18)37-3)38-14-17-5-7-19(8-6-17)27(34)35/h4-13H,14H2,1-3H3,(H,34,35)(H,30,32,36)/b21-11+. The van der Waals surface area contributed by atoms with Crippen LogP contribution < -0.4 is 19.7 Å². The van der Waals surface area contributed by atoms with E-state index in [9.17, 15) is 19.2 Å². The van der Waals surface area contributed by atoms with Crippen molar-refractivity contribution in [3.05, 3.63) is 92.5 Å². The van der Waals surface area contributed by atoms with E-state index in [1.54, 1.807) is 42.5 Å². The molecular formula is C28H23BrN2O7. The summed E-state index contributed by atoms with van der Waals surface area (Å²) in [5.74, 6) is -1.86. The van der Waals surface area contributed by atoms with Crippen LogP contribution in [-0.2, 0) is 16.2 Å². The van der Waals surface area contributed by atoms with Crippen molar-refractivity contribution in [2.45, 2.75) is 20.5 Å². The molecule has 4 amide bonds. The Morgan fingerprint density at radius 1 is 1.03 bits per heavy atom. The normalized spacial score (nSPS) is 14.5. The number of barbiturate groups is 1. The fourth-order valence-electron chi connectivity index (χ4n) is 3.79. The number of anilines is 1. The fourth-order valence-corrected chi connectivity index (χ4v) is 4.36. The number of carboxylic acid groups (broad SMARTS) is 1. The maximum Gasteiger partial charge on any atom is 0.335 e. The fraction of sp³-hybridized carbons (Fsp3) is 0.143. The van der Waals surface area contributed by atoms with Gasteiger partial charge in [0.1, 0.15) is 12.2 Å². The predicted octanol–water partition coefficient (Wildman–Crippen LogP) is 5.02. The maximum atomic E-state index is 13.3. The minimum absolute atomic E-state index is 0.142. The zero-order valence-corrected chi connectivity index (χ0v) is 22.3. The van der Waals surface area contributed by atoms with Gasteiger partial charge in [0.25, 0.3) is 11.8 Å². The lowest BCUT2D eigenvalue weighted by molar-refractivity contribution is -0.122.